The van der Waals surface area contributed by atoms with E-state index in [-0.39, 0.29) is 36.4 Å². The van der Waals surface area contributed by atoms with E-state index in [1.165, 1.54) is 17.8 Å². The number of aliphatic hydroxyl groups is 2. The standard InChI is InChI=1S/C35H45N8O8P/c1-4-12-24(44)26(21-13-8-6-9-14-21)41-52(48,42-27(32(46)49-5-2)22-15-10-7-11-16-22)50-19-25-29(45)35(3,47)33(51-25)43-20-37-28-30(38-23-17-18-23)39-34(36)40-31(28)43/h6-11,13-16,20,23,25-27,29,33,45,47H,4-5,12,17-19H2,1-3H3,(H2,41,42,48)(H3,36,38,39,40)/t25-,26+,27+,29?,33-,35+,52?/m1/s1. The van der Waals surface area contributed by atoms with Crippen LogP contribution in [-0.4, -0.2) is 78.5 Å². The van der Waals surface area contributed by atoms with Crippen molar-refractivity contribution >= 4 is 42.4 Å². The number of hydrogen-bond donors (Lipinski definition) is 6. The number of nitrogens with one attached hydrogen (secondary N) is 3. The van der Waals surface area contributed by atoms with Gasteiger partial charge < -0.3 is 35.3 Å². The van der Waals surface area contributed by atoms with Gasteiger partial charge in [0, 0.05) is 12.5 Å². The van der Waals surface area contributed by atoms with Crippen molar-refractivity contribution < 1.29 is 38.4 Å². The predicted molar refractivity (Wildman–Crippen MR) is 192 cm³/mol. The fourth-order valence-electron chi connectivity index (χ4n) is 6.14. The molecule has 52 heavy (non-hydrogen) atoms. The van der Waals surface area contributed by atoms with Crippen LogP contribution in [0.5, 0.6) is 0 Å². The van der Waals surface area contributed by atoms with Gasteiger partial charge in [0.05, 0.1) is 19.5 Å². The maximum Gasteiger partial charge on any atom is 0.342 e. The highest BCUT2D eigenvalue weighted by molar-refractivity contribution is 7.54. The van der Waals surface area contributed by atoms with Crippen molar-refractivity contribution in [3.05, 3.63) is 78.1 Å². The van der Waals surface area contributed by atoms with Gasteiger partial charge in [-0.2, -0.15) is 9.97 Å². The lowest BCUT2D eigenvalue weighted by Crippen LogP contribution is -2.44. The van der Waals surface area contributed by atoms with Crippen LogP contribution in [0.4, 0.5) is 11.8 Å². The van der Waals surface area contributed by atoms with E-state index in [1.807, 2.05) is 6.92 Å². The first-order valence-electron chi connectivity index (χ1n) is 17.4. The Morgan fingerprint density at radius 2 is 1.69 bits per heavy atom. The van der Waals surface area contributed by atoms with Crippen molar-refractivity contribution in [2.45, 2.75) is 88.6 Å². The molecule has 7 N–H and O–H groups in total. The monoisotopic (exact) mass is 736 g/mol. The number of hydrogen-bond acceptors (Lipinski definition) is 13. The number of anilines is 2. The highest BCUT2D eigenvalue weighted by Crippen LogP contribution is 2.47. The van der Waals surface area contributed by atoms with Gasteiger partial charge in [-0.25, -0.2) is 20.0 Å². The number of ketones is 1. The molecule has 0 radical (unpaired) electrons. The summed E-state index contributed by atoms with van der Waals surface area (Å²) in [5, 5.41) is 32.0. The Bertz CT molecular complexity index is 1840. The minimum absolute atomic E-state index is 0.0197. The molecule has 3 heterocycles. The number of Topliss-reactive ketones (excluding diaryl/α,β-unsaturated/α-hetero) is 1. The zero-order valence-corrected chi connectivity index (χ0v) is 30.1. The van der Waals surface area contributed by atoms with Gasteiger partial charge in [0.25, 0.3) is 0 Å². The third-order valence-electron chi connectivity index (χ3n) is 8.99. The molecule has 2 aromatic heterocycles. The van der Waals surface area contributed by atoms with E-state index < -0.39 is 56.4 Å². The van der Waals surface area contributed by atoms with Crippen LogP contribution in [0.25, 0.3) is 11.2 Å². The number of nitrogens with zero attached hydrogens (tertiary/aromatic N) is 4. The van der Waals surface area contributed by atoms with Crippen LogP contribution in [0.15, 0.2) is 67.0 Å². The molecule has 2 aliphatic rings. The van der Waals surface area contributed by atoms with Crippen LogP contribution < -0.4 is 21.2 Å². The smallest absolute Gasteiger partial charge is 0.342 e. The van der Waals surface area contributed by atoms with Gasteiger partial charge in [0.1, 0.15) is 29.9 Å². The average Bonchev–Trinajstić information content (AvgIpc) is 3.80. The Labute approximate surface area is 301 Å². The molecule has 278 valence electrons. The molecule has 1 aliphatic heterocycles. The third kappa shape index (κ3) is 8.18. The Kier molecular flexibility index (Phi) is 11.4. The van der Waals surface area contributed by atoms with Crippen molar-refractivity contribution in [2.75, 3.05) is 24.3 Å². The van der Waals surface area contributed by atoms with Gasteiger partial charge in [-0.3, -0.25) is 13.9 Å². The maximum absolute atomic E-state index is 15.0. The molecule has 2 unspecified atom stereocenters. The SMILES string of the molecule is CCCC(=O)[C@@H](NP(=O)(N[C@H](C(=O)OCC)c1ccccc1)OC[C@H]1O[C@@H](n2cnc3c(NC4CC4)nc(N)nc32)[C@@](C)(O)C1O)c1ccccc1. The van der Waals surface area contributed by atoms with Crippen LogP contribution in [0.2, 0.25) is 0 Å². The Morgan fingerprint density at radius 1 is 1.06 bits per heavy atom. The number of aliphatic hydroxyl groups excluding tert-OH is 1. The number of aromatic nitrogens is 4. The normalized spacial score (nSPS) is 23.9. The van der Waals surface area contributed by atoms with E-state index in [1.54, 1.807) is 67.6 Å². The number of nitrogen functional groups attached to an aromatic ring is 1. The van der Waals surface area contributed by atoms with Crippen molar-refractivity contribution in [1.29, 1.82) is 0 Å². The minimum Gasteiger partial charge on any atom is -0.465 e. The molecule has 6 rings (SSSR count). The second-order valence-electron chi connectivity index (χ2n) is 13.1. The molecule has 7 atom stereocenters. The number of carbonyl (C=O) groups is 2. The van der Waals surface area contributed by atoms with Crippen LogP contribution in [0, 0.1) is 0 Å². The van der Waals surface area contributed by atoms with Crippen molar-refractivity contribution in [3.63, 3.8) is 0 Å². The van der Waals surface area contributed by atoms with Crippen molar-refractivity contribution in [1.82, 2.24) is 29.7 Å². The molecule has 17 heteroatoms. The summed E-state index contributed by atoms with van der Waals surface area (Å²) in [4.78, 5) is 39.9. The van der Waals surface area contributed by atoms with E-state index in [2.05, 4.69) is 30.4 Å². The van der Waals surface area contributed by atoms with Crippen molar-refractivity contribution in [2.24, 2.45) is 0 Å². The fourth-order valence-corrected chi connectivity index (χ4v) is 7.95. The first kappa shape index (κ1) is 37.5. The second kappa shape index (κ2) is 15.8. The molecule has 4 aromatic rings. The van der Waals surface area contributed by atoms with Gasteiger partial charge in [-0.05, 0) is 44.2 Å². The summed E-state index contributed by atoms with van der Waals surface area (Å²) in [5.74, 6) is -0.552. The van der Waals surface area contributed by atoms with Crippen LogP contribution in [-0.2, 0) is 28.2 Å². The maximum atomic E-state index is 15.0. The van der Waals surface area contributed by atoms with Gasteiger partial charge in [-0.1, -0.05) is 67.6 Å². The number of benzene rings is 2. The Balaban J connectivity index is 1.31. The summed E-state index contributed by atoms with van der Waals surface area (Å²) in [6, 6.07) is 15.2. The number of fused-ring (bicyclic) bond motifs is 1. The van der Waals surface area contributed by atoms with Crippen LogP contribution >= 0.6 is 7.67 Å². The second-order valence-corrected chi connectivity index (χ2v) is 15.0. The number of nitrogens with two attached hydrogens (primary N) is 1. The third-order valence-corrected chi connectivity index (χ3v) is 10.7. The van der Waals surface area contributed by atoms with Crippen LogP contribution in [0.1, 0.15) is 75.9 Å². The van der Waals surface area contributed by atoms with Crippen molar-refractivity contribution in [3.8, 4) is 0 Å². The largest absolute Gasteiger partial charge is 0.465 e. The zero-order valence-electron chi connectivity index (χ0n) is 29.2. The molecule has 2 fully saturated rings. The van der Waals surface area contributed by atoms with E-state index >= 15 is 4.57 Å². The number of esters is 1. The quantitative estimate of drug-likeness (QED) is 0.0671. The first-order valence-corrected chi connectivity index (χ1v) is 19.0. The highest BCUT2D eigenvalue weighted by atomic mass is 31.2. The molecule has 2 aromatic carbocycles. The number of ether oxygens (including phenoxy) is 2. The summed E-state index contributed by atoms with van der Waals surface area (Å²) in [5.41, 5.74) is 5.75. The summed E-state index contributed by atoms with van der Waals surface area (Å²) in [7, 11) is -4.44. The molecule has 1 aliphatic carbocycles. The number of carbonyl (C=O) groups excluding carboxylic acids is 2. The van der Waals surface area contributed by atoms with Gasteiger partial charge in [0.2, 0.25) is 5.95 Å². The lowest BCUT2D eigenvalue weighted by molar-refractivity contribution is -0.145. The summed E-state index contributed by atoms with van der Waals surface area (Å²) < 4.78 is 34.1. The average molecular weight is 737 g/mol. The molecule has 0 spiro atoms. The molecule has 0 amide bonds. The van der Waals surface area contributed by atoms with Gasteiger partial charge in [0.15, 0.2) is 29.0 Å². The molecule has 1 saturated heterocycles. The van der Waals surface area contributed by atoms with E-state index in [4.69, 9.17) is 19.7 Å². The summed E-state index contributed by atoms with van der Waals surface area (Å²) in [6.07, 6.45) is 0.0420. The Morgan fingerprint density at radius 3 is 2.31 bits per heavy atom. The van der Waals surface area contributed by atoms with Crippen LogP contribution in [0.3, 0.4) is 0 Å². The zero-order chi connectivity index (χ0) is 37.0. The van der Waals surface area contributed by atoms with Gasteiger partial charge >= 0.3 is 13.6 Å². The molecule has 0 bridgehead atoms. The first-order chi connectivity index (χ1) is 24.9. The highest BCUT2D eigenvalue weighted by Gasteiger charge is 2.54. The van der Waals surface area contributed by atoms with Gasteiger partial charge in [-0.15, -0.1) is 0 Å². The van der Waals surface area contributed by atoms with E-state index in [9.17, 15) is 19.8 Å². The lowest BCUT2D eigenvalue weighted by atomic mass is 9.96. The Hall–Kier alpha value is -4.28. The number of rotatable bonds is 17. The topological polar surface area (TPSA) is 225 Å². The van der Waals surface area contributed by atoms with E-state index in [0.29, 0.717) is 28.9 Å². The molecular formula is C35H45N8O8P. The minimum atomic E-state index is -4.44. The molecular weight excluding hydrogens is 691 g/mol. The fraction of sp³-hybridized carbons (Fsp3) is 0.457. The van der Waals surface area contributed by atoms with E-state index in [0.717, 1.165) is 12.8 Å². The lowest BCUT2D eigenvalue weighted by Gasteiger charge is -2.30. The summed E-state index contributed by atoms with van der Waals surface area (Å²) in [6.45, 7) is 4.41. The molecule has 16 nitrogen and oxygen atoms in total. The number of imidazole rings is 1. The molecule has 1 saturated carbocycles. The summed E-state index contributed by atoms with van der Waals surface area (Å²) >= 11 is 0. The predicted octanol–water partition coefficient (Wildman–Crippen LogP) is 3.71.